The van der Waals surface area contributed by atoms with Gasteiger partial charge in [0.1, 0.15) is 0 Å². The molecule has 2 nitrogen and oxygen atoms in total. The smallest absolute Gasteiger partial charge is 0.0594 e. The quantitative estimate of drug-likeness (QED) is 0.372. The van der Waals surface area contributed by atoms with Crippen molar-refractivity contribution < 1.29 is 4.74 Å². The predicted molar refractivity (Wildman–Crippen MR) is 120 cm³/mol. The van der Waals surface area contributed by atoms with Crippen LogP contribution >= 0.6 is 23.5 Å². The highest BCUT2D eigenvalue weighted by Crippen LogP contribution is 2.36. The van der Waals surface area contributed by atoms with Crippen LogP contribution in [-0.4, -0.2) is 49.3 Å². The molecule has 0 radical (unpaired) electrons. The molecule has 0 aliphatic carbocycles. The third-order valence-corrected chi connectivity index (χ3v) is 7.24. The second-order valence-electron chi connectivity index (χ2n) is 6.89. The van der Waals surface area contributed by atoms with Gasteiger partial charge >= 0.3 is 0 Å². The van der Waals surface area contributed by atoms with Gasteiger partial charge < -0.3 is 4.74 Å². The first-order valence-corrected chi connectivity index (χ1v) is 12.1. The summed E-state index contributed by atoms with van der Waals surface area (Å²) in [7, 11) is 0. The minimum atomic E-state index is 0.405. The number of morpholine rings is 1. The molecule has 2 aromatic rings. The van der Waals surface area contributed by atoms with Gasteiger partial charge in [-0.2, -0.15) is 0 Å². The van der Waals surface area contributed by atoms with Gasteiger partial charge in [0.2, 0.25) is 0 Å². The van der Waals surface area contributed by atoms with Crippen LogP contribution in [-0.2, 0) is 4.74 Å². The van der Waals surface area contributed by atoms with Gasteiger partial charge in [-0.1, -0.05) is 55.8 Å². The molecule has 1 aliphatic heterocycles. The molecule has 0 spiro atoms. The van der Waals surface area contributed by atoms with Crippen molar-refractivity contribution in [2.24, 2.45) is 0 Å². The van der Waals surface area contributed by atoms with E-state index in [1.807, 2.05) is 11.8 Å². The Labute approximate surface area is 173 Å². The highest BCUT2D eigenvalue weighted by atomic mass is 32.2. The lowest BCUT2D eigenvalue weighted by Crippen LogP contribution is -2.37. The van der Waals surface area contributed by atoms with Gasteiger partial charge in [0.15, 0.2) is 0 Å². The molecule has 0 bridgehead atoms. The van der Waals surface area contributed by atoms with Crippen LogP contribution in [0.1, 0.15) is 36.1 Å². The molecular formula is C23H31NOS2. The fourth-order valence-electron chi connectivity index (χ4n) is 3.21. The molecular weight excluding hydrogens is 370 g/mol. The van der Waals surface area contributed by atoms with Gasteiger partial charge in [0, 0.05) is 30.3 Å². The number of rotatable bonds is 10. The van der Waals surface area contributed by atoms with Crippen LogP contribution < -0.4 is 0 Å². The minimum absolute atomic E-state index is 0.405. The maximum Gasteiger partial charge on any atom is 0.0594 e. The first-order valence-electron chi connectivity index (χ1n) is 10.1. The number of unbranched alkanes of at least 4 members (excludes halogenated alkanes) is 1. The summed E-state index contributed by atoms with van der Waals surface area (Å²) in [5.41, 5.74) is 2.81. The lowest BCUT2D eigenvalue weighted by atomic mass is 10.0. The Hall–Kier alpha value is -0.940. The van der Waals surface area contributed by atoms with E-state index >= 15 is 0 Å². The largest absolute Gasteiger partial charge is 0.379 e. The van der Waals surface area contributed by atoms with E-state index in [1.165, 1.54) is 34.6 Å². The number of hydrogen-bond donors (Lipinski definition) is 0. The minimum Gasteiger partial charge on any atom is -0.379 e. The van der Waals surface area contributed by atoms with E-state index in [0.29, 0.717) is 5.25 Å². The second kappa shape index (κ2) is 11.8. The standard InChI is InChI=1S/C23H31NOS2/c1-2-3-18-26-22-11-9-21(10-12-22)23(20-7-5-4-6-8-20)27-19-15-24-13-16-25-17-14-24/h4-12,23H,2-3,13-19H2,1H3. The van der Waals surface area contributed by atoms with Crippen molar-refractivity contribution in [1.82, 2.24) is 4.90 Å². The van der Waals surface area contributed by atoms with Crippen LogP contribution in [0.25, 0.3) is 0 Å². The van der Waals surface area contributed by atoms with Crippen molar-refractivity contribution in [2.45, 2.75) is 29.9 Å². The zero-order valence-corrected chi connectivity index (χ0v) is 17.9. The molecule has 27 heavy (non-hydrogen) atoms. The molecule has 1 fully saturated rings. The SMILES string of the molecule is CCCCSc1ccc(C(SCCN2CCOCC2)c2ccccc2)cc1. The first-order chi connectivity index (χ1) is 13.4. The lowest BCUT2D eigenvalue weighted by molar-refractivity contribution is 0.0410. The van der Waals surface area contributed by atoms with Crippen molar-refractivity contribution in [1.29, 1.82) is 0 Å². The molecule has 1 aliphatic rings. The molecule has 1 saturated heterocycles. The van der Waals surface area contributed by atoms with Gasteiger partial charge in [-0.15, -0.1) is 23.5 Å². The van der Waals surface area contributed by atoms with Crippen molar-refractivity contribution in [3.8, 4) is 0 Å². The average Bonchev–Trinajstić information content (AvgIpc) is 2.74. The summed E-state index contributed by atoms with van der Waals surface area (Å²) < 4.78 is 5.46. The normalized spacial score (nSPS) is 16.3. The van der Waals surface area contributed by atoms with Crippen LogP contribution in [0.15, 0.2) is 59.5 Å². The number of hydrogen-bond acceptors (Lipinski definition) is 4. The average molecular weight is 402 g/mol. The fourth-order valence-corrected chi connectivity index (χ4v) is 5.51. The molecule has 0 saturated carbocycles. The summed E-state index contributed by atoms with van der Waals surface area (Å²) in [6.07, 6.45) is 2.55. The van der Waals surface area contributed by atoms with Gasteiger partial charge in [0.25, 0.3) is 0 Å². The Bertz CT molecular complexity index is 641. The molecule has 4 heteroatoms. The van der Waals surface area contributed by atoms with E-state index < -0.39 is 0 Å². The molecule has 1 unspecified atom stereocenters. The highest BCUT2D eigenvalue weighted by molar-refractivity contribution is 7.99. The van der Waals surface area contributed by atoms with Crippen molar-refractivity contribution >= 4 is 23.5 Å². The Balaban J connectivity index is 1.62. The molecule has 1 heterocycles. The molecule has 146 valence electrons. The number of benzene rings is 2. The molecule has 3 rings (SSSR count). The number of nitrogens with zero attached hydrogens (tertiary/aromatic N) is 1. The van der Waals surface area contributed by atoms with Crippen molar-refractivity contribution in [2.75, 3.05) is 44.4 Å². The van der Waals surface area contributed by atoms with Crippen LogP contribution in [0.2, 0.25) is 0 Å². The summed E-state index contributed by atoms with van der Waals surface area (Å²) in [6.45, 7) is 7.29. The molecule has 1 atom stereocenters. The third kappa shape index (κ3) is 6.86. The maximum atomic E-state index is 5.46. The van der Waals surface area contributed by atoms with Crippen molar-refractivity contribution in [3.05, 3.63) is 65.7 Å². The Morgan fingerprint density at radius 3 is 2.33 bits per heavy atom. The second-order valence-corrected chi connectivity index (χ2v) is 9.27. The summed E-state index contributed by atoms with van der Waals surface area (Å²) in [4.78, 5) is 3.91. The van der Waals surface area contributed by atoms with E-state index in [0.717, 1.165) is 38.6 Å². The van der Waals surface area contributed by atoms with E-state index in [-0.39, 0.29) is 0 Å². The van der Waals surface area contributed by atoms with E-state index in [2.05, 4.69) is 78.2 Å². The molecule has 2 aromatic carbocycles. The van der Waals surface area contributed by atoms with Gasteiger partial charge in [-0.05, 0) is 35.4 Å². The van der Waals surface area contributed by atoms with E-state index in [1.54, 1.807) is 0 Å². The van der Waals surface area contributed by atoms with E-state index in [9.17, 15) is 0 Å². The zero-order valence-electron chi connectivity index (χ0n) is 16.3. The Kier molecular flexibility index (Phi) is 9.09. The third-order valence-electron chi connectivity index (χ3n) is 4.85. The molecule has 0 aromatic heterocycles. The topological polar surface area (TPSA) is 12.5 Å². The maximum absolute atomic E-state index is 5.46. The summed E-state index contributed by atoms with van der Waals surface area (Å²) in [5.74, 6) is 2.36. The Morgan fingerprint density at radius 1 is 0.926 bits per heavy atom. The van der Waals surface area contributed by atoms with Crippen LogP contribution in [0.4, 0.5) is 0 Å². The lowest BCUT2D eigenvalue weighted by Gasteiger charge is -2.27. The van der Waals surface area contributed by atoms with Gasteiger partial charge in [-0.25, -0.2) is 0 Å². The summed E-state index contributed by atoms with van der Waals surface area (Å²) in [6, 6.07) is 20.2. The number of ether oxygens (including phenoxy) is 1. The Morgan fingerprint density at radius 2 is 1.63 bits per heavy atom. The molecule has 0 amide bonds. The van der Waals surface area contributed by atoms with Crippen LogP contribution in [0.3, 0.4) is 0 Å². The van der Waals surface area contributed by atoms with Gasteiger partial charge in [0.05, 0.1) is 18.5 Å². The first kappa shape index (κ1) is 20.8. The van der Waals surface area contributed by atoms with Crippen molar-refractivity contribution in [3.63, 3.8) is 0 Å². The summed E-state index contributed by atoms with van der Waals surface area (Å²) >= 11 is 4.03. The predicted octanol–water partition coefficient (Wildman–Crippen LogP) is 5.73. The summed E-state index contributed by atoms with van der Waals surface area (Å²) in [5, 5.41) is 0.405. The number of thioether (sulfide) groups is 2. The van der Waals surface area contributed by atoms with Crippen LogP contribution in [0, 0.1) is 0 Å². The van der Waals surface area contributed by atoms with Crippen LogP contribution in [0.5, 0.6) is 0 Å². The molecule has 0 N–H and O–H groups in total. The highest BCUT2D eigenvalue weighted by Gasteiger charge is 2.16. The van der Waals surface area contributed by atoms with Gasteiger partial charge in [-0.3, -0.25) is 4.90 Å². The monoisotopic (exact) mass is 401 g/mol. The fraction of sp³-hybridized carbons (Fsp3) is 0.478. The zero-order chi connectivity index (χ0) is 18.7. The van der Waals surface area contributed by atoms with E-state index in [4.69, 9.17) is 4.74 Å².